The first kappa shape index (κ1) is 20.9. The lowest BCUT2D eigenvalue weighted by Gasteiger charge is -2.25. The van der Waals surface area contributed by atoms with Crippen LogP contribution in [-0.4, -0.2) is 34.7 Å². The van der Waals surface area contributed by atoms with Gasteiger partial charge in [-0.05, 0) is 36.8 Å². The van der Waals surface area contributed by atoms with Gasteiger partial charge in [0.25, 0.3) is 0 Å². The normalized spacial score (nSPS) is 14.7. The first-order valence-electron chi connectivity index (χ1n) is 9.97. The smallest absolute Gasteiger partial charge is 0.239 e. The summed E-state index contributed by atoms with van der Waals surface area (Å²) < 4.78 is 5.18. The summed E-state index contributed by atoms with van der Waals surface area (Å²) in [6.45, 7) is 4.73. The van der Waals surface area contributed by atoms with Gasteiger partial charge in [0.1, 0.15) is 5.75 Å². The Morgan fingerprint density at radius 2 is 2.00 bits per heavy atom. The Hall–Kier alpha value is -2.35. The van der Waals surface area contributed by atoms with Gasteiger partial charge in [0.2, 0.25) is 5.91 Å². The second kappa shape index (κ2) is 9.64. The SMILES string of the molecule is COc1ccc(SC(C)C(=O)Nc2nc3c(s2)CN(Cc2ccccc2)CC3)cc1. The summed E-state index contributed by atoms with van der Waals surface area (Å²) >= 11 is 3.12. The van der Waals surface area contributed by atoms with Gasteiger partial charge in [-0.25, -0.2) is 4.98 Å². The van der Waals surface area contributed by atoms with Gasteiger partial charge in [-0.2, -0.15) is 0 Å². The van der Waals surface area contributed by atoms with Crippen LogP contribution in [0, 0.1) is 0 Å². The van der Waals surface area contributed by atoms with Crippen molar-refractivity contribution in [1.29, 1.82) is 0 Å². The highest BCUT2D eigenvalue weighted by atomic mass is 32.2. The Labute approximate surface area is 185 Å². The number of thioether (sulfide) groups is 1. The molecule has 1 atom stereocenters. The maximum absolute atomic E-state index is 12.7. The Bertz CT molecular complexity index is 989. The minimum Gasteiger partial charge on any atom is -0.497 e. The summed E-state index contributed by atoms with van der Waals surface area (Å²) in [5, 5.41) is 3.50. The molecule has 2 heterocycles. The summed E-state index contributed by atoms with van der Waals surface area (Å²) in [4.78, 5) is 22.1. The molecule has 0 aliphatic carbocycles. The van der Waals surface area contributed by atoms with Crippen LogP contribution in [0.3, 0.4) is 0 Å². The van der Waals surface area contributed by atoms with Crippen LogP contribution in [0.15, 0.2) is 59.5 Å². The first-order chi connectivity index (χ1) is 14.6. The maximum Gasteiger partial charge on any atom is 0.239 e. The molecule has 5 nitrogen and oxygen atoms in total. The Morgan fingerprint density at radius 3 is 2.73 bits per heavy atom. The monoisotopic (exact) mass is 439 g/mol. The molecule has 0 radical (unpaired) electrons. The van der Waals surface area contributed by atoms with Crippen LogP contribution in [0.5, 0.6) is 5.75 Å². The lowest BCUT2D eigenvalue weighted by atomic mass is 10.1. The average molecular weight is 440 g/mol. The van der Waals surface area contributed by atoms with E-state index in [-0.39, 0.29) is 11.2 Å². The number of thiazole rings is 1. The van der Waals surface area contributed by atoms with Crippen molar-refractivity contribution in [3.63, 3.8) is 0 Å². The van der Waals surface area contributed by atoms with Crippen molar-refractivity contribution in [3.8, 4) is 5.75 Å². The van der Waals surface area contributed by atoms with E-state index in [9.17, 15) is 4.79 Å². The molecule has 0 bridgehead atoms. The highest BCUT2D eigenvalue weighted by Crippen LogP contribution is 2.30. The topological polar surface area (TPSA) is 54.5 Å². The summed E-state index contributed by atoms with van der Waals surface area (Å²) in [7, 11) is 1.65. The molecule has 4 rings (SSSR count). The van der Waals surface area contributed by atoms with Gasteiger partial charge in [-0.3, -0.25) is 9.69 Å². The molecule has 0 fully saturated rings. The number of rotatable bonds is 7. The van der Waals surface area contributed by atoms with Crippen LogP contribution >= 0.6 is 23.1 Å². The van der Waals surface area contributed by atoms with Crippen molar-refractivity contribution in [1.82, 2.24) is 9.88 Å². The molecule has 1 aliphatic heterocycles. The summed E-state index contributed by atoms with van der Waals surface area (Å²) in [6.07, 6.45) is 0.921. The van der Waals surface area contributed by atoms with Gasteiger partial charge in [-0.1, -0.05) is 30.3 Å². The van der Waals surface area contributed by atoms with Crippen molar-refractivity contribution in [2.45, 2.75) is 36.6 Å². The molecule has 1 unspecified atom stereocenters. The molecule has 7 heteroatoms. The number of hydrogen-bond donors (Lipinski definition) is 1. The van der Waals surface area contributed by atoms with Gasteiger partial charge in [0, 0.05) is 35.8 Å². The summed E-state index contributed by atoms with van der Waals surface area (Å²) in [5.74, 6) is 0.786. The van der Waals surface area contributed by atoms with E-state index in [1.165, 1.54) is 22.2 Å². The number of carbonyl (C=O) groups excluding carboxylic acids is 1. The number of carbonyl (C=O) groups is 1. The van der Waals surface area contributed by atoms with Crippen LogP contribution in [0.2, 0.25) is 0 Å². The first-order valence-corrected chi connectivity index (χ1v) is 11.7. The van der Waals surface area contributed by atoms with Crippen molar-refractivity contribution in [2.75, 3.05) is 19.0 Å². The van der Waals surface area contributed by atoms with Gasteiger partial charge in [0.15, 0.2) is 5.13 Å². The number of methoxy groups -OCH3 is 1. The number of aromatic nitrogens is 1. The molecular formula is C23H25N3O2S2. The van der Waals surface area contributed by atoms with E-state index in [1.54, 1.807) is 18.4 Å². The zero-order valence-corrected chi connectivity index (χ0v) is 18.8. The Balaban J connectivity index is 1.33. The number of anilines is 1. The molecule has 3 aromatic rings. The average Bonchev–Trinajstić information content (AvgIpc) is 3.16. The molecule has 0 saturated carbocycles. The zero-order valence-electron chi connectivity index (χ0n) is 17.1. The van der Waals surface area contributed by atoms with E-state index in [2.05, 4.69) is 39.5 Å². The second-order valence-corrected chi connectivity index (χ2v) is 9.76. The molecule has 1 aromatic heterocycles. The fraction of sp³-hybridized carbons (Fsp3) is 0.304. The van der Waals surface area contributed by atoms with E-state index in [1.807, 2.05) is 37.3 Å². The molecule has 0 saturated heterocycles. The molecule has 156 valence electrons. The van der Waals surface area contributed by atoms with Gasteiger partial charge >= 0.3 is 0 Å². The van der Waals surface area contributed by atoms with E-state index < -0.39 is 0 Å². The number of ether oxygens (including phenoxy) is 1. The lowest BCUT2D eigenvalue weighted by Crippen LogP contribution is -2.29. The van der Waals surface area contributed by atoms with Crippen molar-refractivity contribution >= 4 is 34.1 Å². The maximum atomic E-state index is 12.7. The van der Waals surface area contributed by atoms with E-state index in [4.69, 9.17) is 4.74 Å². The Morgan fingerprint density at radius 1 is 1.23 bits per heavy atom. The van der Waals surface area contributed by atoms with Crippen LogP contribution in [0.25, 0.3) is 0 Å². The fourth-order valence-electron chi connectivity index (χ4n) is 3.40. The fourth-order valence-corrected chi connectivity index (χ4v) is 5.32. The number of nitrogens with zero attached hydrogens (tertiary/aromatic N) is 2. The van der Waals surface area contributed by atoms with Crippen LogP contribution < -0.4 is 10.1 Å². The van der Waals surface area contributed by atoms with Crippen LogP contribution in [0.1, 0.15) is 23.1 Å². The van der Waals surface area contributed by atoms with E-state index >= 15 is 0 Å². The number of fused-ring (bicyclic) bond motifs is 1. The molecule has 1 N–H and O–H groups in total. The van der Waals surface area contributed by atoms with Gasteiger partial charge < -0.3 is 10.1 Å². The van der Waals surface area contributed by atoms with Crippen molar-refractivity contribution < 1.29 is 9.53 Å². The molecule has 0 spiro atoms. The minimum absolute atomic E-state index is 0.0249. The summed E-state index contributed by atoms with van der Waals surface area (Å²) in [6, 6.07) is 18.3. The van der Waals surface area contributed by atoms with E-state index in [0.717, 1.165) is 42.4 Å². The third-order valence-electron chi connectivity index (χ3n) is 5.03. The second-order valence-electron chi connectivity index (χ2n) is 7.26. The highest BCUT2D eigenvalue weighted by molar-refractivity contribution is 8.00. The summed E-state index contributed by atoms with van der Waals surface area (Å²) in [5.41, 5.74) is 2.44. The Kier molecular flexibility index (Phi) is 6.72. The molecule has 1 amide bonds. The zero-order chi connectivity index (χ0) is 20.9. The van der Waals surface area contributed by atoms with Crippen LogP contribution in [0.4, 0.5) is 5.13 Å². The van der Waals surface area contributed by atoms with Gasteiger partial charge in [-0.15, -0.1) is 23.1 Å². The molecular weight excluding hydrogens is 414 g/mol. The van der Waals surface area contributed by atoms with Crippen LogP contribution in [-0.2, 0) is 24.3 Å². The molecule has 1 aliphatic rings. The molecule has 30 heavy (non-hydrogen) atoms. The quantitative estimate of drug-likeness (QED) is 0.535. The van der Waals surface area contributed by atoms with Crippen molar-refractivity contribution in [3.05, 3.63) is 70.7 Å². The molecule has 2 aromatic carbocycles. The van der Waals surface area contributed by atoms with E-state index in [0.29, 0.717) is 5.13 Å². The van der Waals surface area contributed by atoms with Gasteiger partial charge in [0.05, 0.1) is 18.1 Å². The number of amides is 1. The number of benzene rings is 2. The standard InChI is InChI=1S/C23H25N3O2S2/c1-16(29-19-10-8-18(28-2)9-11-19)22(27)25-23-24-20-12-13-26(15-21(20)30-23)14-17-6-4-3-5-7-17/h3-11,16H,12-15H2,1-2H3,(H,24,25,27). The third-order valence-corrected chi connectivity index (χ3v) is 7.14. The predicted octanol–water partition coefficient (Wildman–Crippen LogP) is 4.83. The van der Waals surface area contributed by atoms with Crippen molar-refractivity contribution in [2.24, 2.45) is 0 Å². The minimum atomic E-state index is -0.214. The highest BCUT2D eigenvalue weighted by Gasteiger charge is 2.23. The largest absolute Gasteiger partial charge is 0.497 e. The predicted molar refractivity (Wildman–Crippen MR) is 123 cm³/mol. The number of nitrogens with one attached hydrogen (secondary N) is 1. The number of hydrogen-bond acceptors (Lipinski definition) is 6. The lowest BCUT2D eigenvalue weighted by molar-refractivity contribution is -0.115. The third kappa shape index (κ3) is 5.22.